The summed E-state index contributed by atoms with van der Waals surface area (Å²) in [5, 5.41) is 9.70. The fourth-order valence-corrected chi connectivity index (χ4v) is 2.62. The summed E-state index contributed by atoms with van der Waals surface area (Å²) in [5.74, 6) is 0.483. The number of para-hydroxylation sites is 1. The van der Waals surface area contributed by atoms with Crippen LogP contribution in [-0.4, -0.2) is 48.6 Å². The number of rotatable bonds is 7. The van der Waals surface area contributed by atoms with Gasteiger partial charge in [0, 0.05) is 31.9 Å². The highest BCUT2D eigenvalue weighted by molar-refractivity contribution is 5.77. The summed E-state index contributed by atoms with van der Waals surface area (Å²) in [5.41, 5.74) is 0.466. The standard InChI is InChI=1S/C17H19N5O3/c23-10-9-21(11-15-18-6-7-19-15)16(24)5-8-22-12-20-14-4-2-1-3-13(14)17(22)25/h1-4,6-7,12,23H,5,8-11H2,(H,18,19). The summed E-state index contributed by atoms with van der Waals surface area (Å²) in [6, 6.07) is 7.10. The molecule has 8 heteroatoms. The predicted molar refractivity (Wildman–Crippen MR) is 91.7 cm³/mol. The Balaban J connectivity index is 1.70. The molecule has 3 aromatic rings. The SMILES string of the molecule is O=C(CCn1cnc2ccccc2c1=O)N(CCO)Cc1ncc[nH]1. The number of nitrogens with zero attached hydrogens (tertiary/aromatic N) is 4. The Morgan fingerprint density at radius 2 is 2.12 bits per heavy atom. The number of amides is 1. The van der Waals surface area contributed by atoms with E-state index < -0.39 is 0 Å². The van der Waals surface area contributed by atoms with E-state index in [0.717, 1.165) is 0 Å². The van der Waals surface area contributed by atoms with Gasteiger partial charge in [0.1, 0.15) is 5.82 Å². The monoisotopic (exact) mass is 341 g/mol. The molecule has 0 bridgehead atoms. The number of hydrogen-bond donors (Lipinski definition) is 2. The van der Waals surface area contributed by atoms with Crippen LogP contribution >= 0.6 is 0 Å². The largest absolute Gasteiger partial charge is 0.395 e. The second kappa shape index (κ2) is 7.71. The molecule has 2 aromatic heterocycles. The summed E-state index contributed by atoms with van der Waals surface area (Å²) in [7, 11) is 0. The van der Waals surface area contributed by atoms with Crippen LogP contribution in [-0.2, 0) is 17.9 Å². The van der Waals surface area contributed by atoms with Gasteiger partial charge in [-0.15, -0.1) is 0 Å². The minimum atomic E-state index is -0.168. The quantitative estimate of drug-likeness (QED) is 0.652. The van der Waals surface area contributed by atoms with Crippen molar-refractivity contribution in [2.45, 2.75) is 19.5 Å². The molecule has 0 aliphatic carbocycles. The third-order valence-corrected chi connectivity index (χ3v) is 3.92. The molecular formula is C17H19N5O3. The van der Waals surface area contributed by atoms with Crippen molar-refractivity contribution in [3.05, 3.63) is 59.2 Å². The highest BCUT2D eigenvalue weighted by Crippen LogP contribution is 2.06. The Bertz CT molecular complexity index is 904. The molecule has 1 aromatic carbocycles. The Hall–Kier alpha value is -3.00. The fraction of sp³-hybridized carbons (Fsp3) is 0.294. The molecule has 0 radical (unpaired) electrons. The molecule has 3 rings (SSSR count). The van der Waals surface area contributed by atoms with Gasteiger partial charge in [0.15, 0.2) is 0 Å². The predicted octanol–water partition coefficient (Wildman–Crippen LogP) is 0.531. The molecule has 0 saturated carbocycles. The maximum Gasteiger partial charge on any atom is 0.261 e. The zero-order valence-corrected chi connectivity index (χ0v) is 13.6. The molecule has 0 unspecified atom stereocenters. The van der Waals surface area contributed by atoms with E-state index >= 15 is 0 Å². The number of carbonyl (C=O) groups excluding carboxylic acids is 1. The van der Waals surface area contributed by atoms with Gasteiger partial charge in [-0.1, -0.05) is 12.1 Å². The third-order valence-electron chi connectivity index (χ3n) is 3.92. The Morgan fingerprint density at radius 3 is 2.88 bits per heavy atom. The number of aromatic amines is 1. The van der Waals surface area contributed by atoms with Crippen molar-refractivity contribution in [1.82, 2.24) is 24.4 Å². The zero-order valence-electron chi connectivity index (χ0n) is 13.6. The number of aromatic nitrogens is 4. The summed E-state index contributed by atoms with van der Waals surface area (Å²) in [4.78, 5) is 37.7. The summed E-state index contributed by atoms with van der Waals surface area (Å²) >= 11 is 0. The van der Waals surface area contributed by atoms with E-state index in [1.165, 1.54) is 15.8 Å². The van der Waals surface area contributed by atoms with Crippen LogP contribution in [0.5, 0.6) is 0 Å². The summed E-state index contributed by atoms with van der Waals surface area (Å²) in [6.07, 6.45) is 4.88. The van der Waals surface area contributed by atoms with E-state index in [2.05, 4.69) is 15.0 Å². The van der Waals surface area contributed by atoms with Crippen molar-refractivity contribution in [3.8, 4) is 0 Å². The molecule has 8 nitrogen and oxygen atoms in total. The first kappa shape index (κ1) is 16.8. The molecule has 25 heavy (non-hydrogen) atoms. The van der Waals surface area contributed by atoms with Crippen LogP contribution in [0.4, 0.5) is 0 Å². The minimum Gasteiger partial charge on any atom is -0.395 e. The second-order valence-electron chi connectivity index (χ2n) is 5.59. The van der Waals surface area contributed by atoms with Crippen molar-refractivity contribution >= 4 is 16.8 Å². The Morgan fingerprint density at radius 1 is 1.28 bits per heavy atom. The van der Waals surface area contributed by atoms with Crippen LogP contribution in [0.1, 0.15) is 12.2 Å². The lowest BCUT2D eigenvalue weighted by atomic mass is 10.2. The maximum absolute atomic E-state index is 12.4. The van der Waals surface area contributed by atoms with E-state index in [4.69, 9.17) is 0 Å². The molecular weight excluding hydrogens is 322 g/mol. The lowest BCUT2D eigenvalue weighted by molar-refractivity contribution is -0.132. The number of hydrogen-bond acceptors (Lipinski definition) is 5. The smallest absolute Gasteiger partial charge is 0.261 e. The van der Waals surface area contributed by atoms with Crippen LogP contribution in [0.15, 0.2) is 47.8 Å². The van der Waals surface area contributed by atoms with Crippen molar-refractivity contribution in [2.75, 3.05) is 13.2 Å². The van der Waals surface area contributed by atoms with E-state index in [9.17, 15) is 14.7 Å². The molecule has 0 saturated heterocycles. The van der Waals surface area contributed by atoms with Crippen molar-refractivity contribution in [3.63, 3.8) is 0 Å². The molecule has 0 spiro atoms. The average molecular weight is 341 g/mol. The first-order valence-electron chi connectivity index (χ1n) is 8.00. The molecule has 1 amide bonds. The van der Waals surface area contributed by atoms with Crippen molar-refractivity contribution in [2.24, 2.45) is 0 Å². The topological polar surface area (TPSA) is 104 Å². The molecule has 0 aliphatic heterocycles. The highest BCUT2D eigenvalue weighted by atomic mass is 16.3. The Kier molecular flexibility index (Phi) is 5.20. The van der Waals surface area contributed by atoms with E-state index in [0.29, 0.717) is 16.7 Å². The van der Waals surface area contributed by atoms with Gasteiger partial charge >= 0.3 is 0 Å². The van der Waals surface area contributed by atoms with Gasteiger partial charge in [-0.2, -0.15) is 0 Å². The summed E-state index contributed by atoms with van der Waals surface area (Å²) < 4.78 is 1.43. The lowest BCUT2D eigenvalue weighted by Crippen LogP contribution is -2.34. The normalized spacial score (nSPS) is 10.9. The molecule has 2 heterocycles. The van der Waals surface area contributed by atoms with Gasteiger partial charge in [-0.05, 0) is 12.1 Å². The van der Waals surface area contributed by atoms with Crippen LogP contribution in [0.25, 0.3) is 10.9 Å². The van der Waals surface area contributed by atoms with Crippen LogP contribution in [0.3, 0.4) is 0 Å². The van der Waals surface area contributed by atoms with Gasteiger partial charge in [-0.25, -0.2) is 9.97 Å². The molecule has 0 fully saturated rings. The number of aryl methyl sites for hydroxylation is 1. The number of fused-ring (bicyclic) bond motifs is 1. The number of aliphatic hydroxyl groups excluding tert-OH is 1. The molecule has 0 atom stereocenters. The van der Waals surface area contributed by atoms with Crippen LogP contribution in [0.2, 0.25) is 0 Å². The first-order chi connectivity index (χ1) is 12.2. The zero-order chi connectivity index (χ0) is 17.6. The Labute approximate surface area is 143 Å². The van der Waals surface area contributed by atoms with Crippen LogP contribution < -0.4 is 5.56 Å². The maximum atomic E-state index is 12.4. The average Bonchev–Trinajstić information content (AvgIpc) is 3.14. The number of H-pyrrole nitrogens is 1. The first-order valence-corrected chi connectivity index (χ1v) is 8.00. The van der Waals surface area contributed by atoms with E-state index in [1.807, 2.05) is 6.07 Å². The van der Waals surface area contributed by atoms with Gasteiger partial charge in [-0.3, -0.25) is 14.2 Å². The third kappa shape index (κ3) is 3.92. The van der Waals surface area contributed by atoms with E-state index in [1.54, 1.807) is 30.6 Å². The van der Waals surface area contributed by atoms with Crippen molar-refractivity contribution in [1.29, 1.82) is 0 Å². The lowest BCUT2D eigenvalue weighted by Gasteiger charge is -2.20. The van der Waals surface area contributed by atoms with Crippen LogP contribution in [0, 0.1) is 0 Å². The number of carbonyl (C=O) groups is 1. The second-order valence-corrected chi connectivity index (χ2v) is 5.59. The molecule has 2 N–H and O–H groups in total. The minimum absolute atomic E-state index is 0.135. The van der Waals surface area contributed by atoms with Gasteiger partial charge < -0.3 is 15.0 Å². The molecule has 130 valence electrons. The highest BCUT2D eigenvalue weighted by Gasteiger charge is 2.15. The van der Waals surface area contributed by atoms with Gasteiger partial charge in [0.05, 0.1) is 30.4 Å². The number of aliphatic hydroxyl groups is 1. The van der Waals surface area contributed by atoms with Gasteiger partial charge in [0.2, 0.25) is 5.91 Å². The van der Waals surface area contributed by atoms with E-state index in [-0.39, 0.29) is 44.1 Å². The number of imidazole rings is 1. The van der Waals surface area contributed by atoms with Crippen molar-refractivity contribution < 1.29 is 9.90 Å². The fourth-order valence-electron chi connectivity index (χ4n) is 2.62. The molecule has 0 aliphatic rings. The number of nitrogens with one attached hydrogen (secondary N) is 1. The van der Waals surface area contributed by atoms with Gasteiger partial charge in [0.25, 0.3) is 5.56 Å². The number of benzene rings is 1. The summed E-state index contributed by atoms with van der Waals surface area (Å²) in [6.45, 7) is 0.598.